The summed E-state index contributed by atoms with van der Waals surface area (Å²) in [6.07, 6.45) is 0. The zero-order valence-corrected chi connectivity index (χ0v) is 12.9. The molecular weight excluding hydrogens is 244 g/mol. The molecule has 2 nitrogen and oxygen atoms in total. The van der Waals surface area contributed by atoms with E-state index in [-0.39, 0.29) is 5.54 Å². The van der Waals surface area contributed by atoms with E-state index in [1.165, 1.54) is 16.9 Å². The van der Waals surface area contributed by atoms with Crippen molar-refractivity contribution in [3.8, 4) is 0 Å². The number of nitrogens with one attached hydrogen (secondary N) is 1. The third-order valence-electron chi connectivity index (χ3n) is 3.31. The van der Waals surface area contributed by atoms with E-state index in [2.05, 4.69) is 86.6 Å². The summed E-state index contributed by atoms with van der Waals surface area (Å²) in [7, 11) is 2.12. The maximum Gasteiger partial charge on any atom is 0.0453 e. The van der Waals surface area contributed by atoms with E-state index >= 15 is 0 Å². The maximum absolute atomic E-state index is 3.56. The number of rotatable bonds is 4. The van der Waals surface area contributed by atoms with Crippen LogP contribution in [0, 0.1) is 0 Å². The Morgan fingerprint density at radius 2 is 1.50 bits per heavy atom. The molecule has 0 amide bonds. The first-order valence-electron chi connectivity index (χ1n) is 7.09. The second kappa shape index (κ2) is 6.10. The molecule has 2 rings (SSSR count). The largest absolute Gasteiger partial charge is 0.344 e. The quantitative estimate of drug-likeness (QED) is 0.887. The van der Waals surface area contributed by atoms with Gasteiger partial charge in [-0.2, -0.15) is 0 Å². The summed E-state index contributed by atoms with van der Waals surface area (Å²) in [4.78, 5) is 2.24. The van der Waals surface area contributed by atoms with Crippen LogP contribution in [0.5, 0.6) is 0 Å². The van der Waals surface area contributed by atoms with Gasteiger partial charge in [-0.05, 0) is 44.5 Å². The van der Waals surface area contributed by atoms with Crippen LogP contribution in [-0.4, -0.2) is 12.6 Å². The highest BCUT2D eigenvalue weighted by atomic mass is 15.1. The van der Waals surface area contributed by atoms with E-state index in [1.54, 1.807) is 0 Å². The van der Waals surface area contributed by atoms with Gasteiger partial charge in [0.1, 0.15) is 0 Å². The zero-order chi connectivity index (χ0) is 14.6. The molecule has 0 heterocycles. The van der Waals surface area contributed by atoms with Crippen molar-refractivity contribution >= 4 is 11.4 Å². The highest BCUT2D eigenvalue weighted by Gasteiger charge is 2.12. The van der Waals surface area contributed by atoms with Gasteiger partial charge in [0.25, 0.3) is 0 Å². The lowest BCUT2D eigenvalue weighted by Crippen LogP contribution is -2.35. The summed E-state index contributed by atoms with van der Waals surface area (Å²) in [5.41, 5.74) is 3.89. The Labute approximate surface area is 122 Å². The first-order valence-corrected chi connectivity index (χ1v) is 7.09. The van der Waals surface area contributed by atoms with Crippen molar-refractivity contribution in [2.24, 2.45) is 0 Å². The molecule has 0 atom stereocenters. The van der Waals surface area contributed by atoms with E-state index in [4.69, 9.17) is 0 Å². The van der Waals surface area contributed by atoms with Gasteiger partial charge in [-0.15, -0.1) is 0 Å². The Morgan fingerprint density at radius 1 is 0.900 bits per heavy atom. The minimum absolute atomic E-state index is 0.123. The second-order valence-electron chi connectivity index (χ2n) is 6.13. The van der Waals surface area contributed by atoms with Crippen LogP contribution < -0.4 is 10.2 Å². The molecule has 0 bridgehead atoms. The van der Waals surface area contributed by atoms with Crippen LogP contribution in [0.1, 0.15) is 26.3 Å². The van der Waals surface area contributed by atoms with Gasteiger partial charge in [-0.1, -0.05) is 36.4 Å². The maximum atomic E-state index is 3.56. The Kier molecular flexibility index (Phi) is 4.46. The van der Waals surface area contributed by atoms with Crippen LogP contribution in [-0.2, 0) is 6.54 Å². The number of hydrogen-bond acceptors (Lipinski definition) is 2. The van der Waals surface area contributed by atoms with E-state index in [0.717, 1.165) is 6.54 Å². The second-order valence-corrected chi connectivity index (χ2v) is 6.13. The third-order valence-corrected chi connectivity index (χ3v) is 3.31. The Balaban J connectivity index is 2.23. The molecule has 106 valence electrons. The number of nitrogens with zero attached hydrogens (tertiary/aromatic N) is 1. The van der Waals surface area contributed by atoms with Gasteiger partial charge in [0.05, 0.1) is 0 Å². The van der Waals surface area contributed by atoms with E-state index in [9.17, 15) is 0 Å². The lowest BCUT2D eigenvalue weighted by Gasteiger charge is -2.25. The molecule has 0 radical (unpaired) electrons. The van der Waals surface area contributed by atoms with Crippen LogP contribution in [0.3, 0.4) is 0 Å². The molecule has 0 spiro atoms. The van der Waals surface area contributed by atoms with Crippen molar-refractivity contribution in [3.05, 3.63) is 60.2 Å². The van der Waals surface area contributed by atoms with Crippen molar-refractivity contribution in [3.63, 3.8) is 0 Å². The Bertz CT molecular complexity index is 541. The fourth-order valence-corrected chi connectivity index (χ4v) is 2.14. The average Bonchev–Trinajstić information content (AvgIpc) is 2.45. The molecule has 2 aromatic rings. The number of para-hydroxylation sites is 2. The number of benzene rings is 2. The molecule has 0 aliphatic carbocycles. The molecule has 0 saturated heterocycles. The van der Waals surface area contributed by atoms with Crippen LogP contribution in [0.4, 0.5) is 11.4 Å². The van der Waals surface area contributed by atoms with Gasteiger partial charge in [0.2, 0.25) is 0 Å². The van der Waals surface area contributed by atoms with Gasteiger partial charge < -0.3 is 10.2 Å². The molecule has 1 N–H and O–H groups in total. The average molecular weight is 268 g/mol. The van der Waals surface area contributed by atoms with Crippen molar-refractivity contribution in [1.29, 1.82) is 0 Å². The first-order chi connectivity index (χ1) is 9.47. The smallest absolute Gasteiger partial charge is 0.0453 e. The van der Waals surface area contributed by atoms with Crippen molar-refractivity contribution in [1.82, 2.24) is 5.32 Å². The van der Waals surface area contributed by atoms with Crippen LogP contribution in [0.2, 0.25) is 0 Å². The summed E-state index contributed by atoms with van der Waals surface area (Å²) < 4.78 is 0. The van der Waals surface area contributed by atoms with Crippen molar-refractivity contribution in [2.45, 2.75) is 32.9 Å². The molecule has 0 aliphatic rings. The third kappa shape index (κ3) is 3.84. The molecule has 0 fully saturated rings. The van der Waals surface area contributed by atoms with Gasteiger partial charge in [-0.25, -0.2) is 0 Å². The molecule has 2 aromatic carbocycles. The van der Waals surface area contributed by atoms with Crippen LogP contribution in [0.25, 0.3) is 0 Å². The fraction of sp³-hybridized carbons (Fsp3) is 0.333. The highest BCUT2D eigenvalue weighted by molar-refractivity contribution is 5.65. The topological polar surface area (TPSA) is 15.3 Å². The monoisotopic (exact) mass is 268 g/mol. The lowest BCUT2D eigenvalue weighted by molar-refractivity contribution is 0.424. The van der Waals surface area contributed by atoms with Gasteiger partial charge in [0.15, 0.2) is 0 Å². The van der Waals surface area contributed by atoms with Crippen LogP contribution in [0.15, 0.2) is 54.6 Å². The predicted octanol–water partition coefficient (Wildman–Crippen LogP) is 4.34. The Morgan fingerprint density at radius 3 is 2.15 bits per heavy atom. The lowest BCUT2D eigenvalue weighted by atomic mass is 10.1. The van der Waals surface area contributed by atoms with E-state index in [0.29, 0.717) is 0 Å². The summed E-state index contributed by atoms with van der Waals surface area (Å²) in [5, 5.41) is 3.56. The summed E-state index contributed by atoms with van der Waals surface area (Å²) >= 11 is 0. The first kappa shape index (κ1) is 14.6. The SMILES string of the molecule is CN(c1ccccc1)c1ccccc1CNC(C)(C)C. The fourth-order valence-electron chi connectivity index (χ4n) is 2.14. The van der Waals surface area contributed by atoms with E-state index < -0.39 is 0 Å². The summed E-state index contributed by atoms with van der Waals surface area (Å²) in [6, 6.07) is 19.0. The Hall–Kier alpha value is -1.80. The molecular formula is C18H24N2. The number of anilines is 2. The normalized spacial score (nSPS) is 11.4. The summed E-state index contributed by atoms with van der Waals surface area (Å²) in [5.74, 6) is 0. The predicted molar refractivity (Wildman–Crippen MR) is 87.5 cm³/mol. The van der Waals surface area contributed by atoms with Gasteiger partial charge in [-0.3, -0.25) is 0 Å². The molecule has 20 heavy (non-hydrogen) atoms. The zero-order valence-electron chi connectivity index (χ0n) is 12.9. The van der Waals surface area contributed by atoms with Crippen molar-refractivity contribution < 1.29 is 0 Å². The number of hydrogen-bond donors (Lipinski definition) is 1. The molecule has 0 unspecified atom stereocenters. The van der Waals surface area contributed by atoms with Gasteiger partial charge >= 0.3 is 0 Å². The molecule has 0 aromatic heterocycles. The standard InChI is InChI=1S/C18H24N2/c1-18(2,3)19-14-15-10-8-9-13-17(15)20(4)16-11-6-5-7-12-16/h5-13,19H,14H2,1-4H3. The molecule has 2 heteroatoms. The van der Waals surface area contributed by atoms with E-state index in [1.807, 2.05) is 6.07 Å². The van der Waals surface area contributed by atoms with Crippen LogP contribution >= 0.6 is 0 Å². The highest BCUT2D eigenvalue weighted by Crippen LogP contribution is 2.26. The minimum Gasteiger partial charge on any atom is -0.344 e. The van der Waals surface area contributed by atoms with Crippen molar-refractivity contribution in [2.75, 3.05) is 11.9 Å². The summed E-state index contributed by atoms with van der Waals surface area (Å²) in [6.45, 7) is 7.44. The van der Waals surface area contributed by atoms with Gasteiger partial charge in [0, 0.05) is 30.5 Å². The minimum atomic E-state index is 0.123. The molecule has 0 aliphatic heterocycles. The molecule has 0 saturated carbocycles.